The molecule has 0 saturated heterocycles. The molecule has 110 valence electrons. The second-order valence-corrected chi connectivity index (χ2v) is 4.63. The van der Waals surface area contributed by atoms with Gasteiger partial charge in [0.2, 0.25) is 0 Å². The zero-order valence-electron chi connectivity index (χ0n) is 11.2. The number of unbranched alkanes of at least 4 members (excludes halogenated alkanes) is 1. The molecular weight excluding hydrogens is 254 g/mol. The zero-order chi connectivity index (χ0) is 14.5. The summed E-state index contributed by atoms with van der Waals surface area (Å²) in [6.45, 7) is 2.19. The van der Waals surface area contributed by atoms with E-state index in [0.29, 0.717) is 6.42 Å². The molecule has 1 aliphatic rings. The van der Waals surface area contributed by atoms with Gasteiger partial charge in [-0.15, -0.1) is 0 Å². The molecule has 3 N–H and O–H groups in total. The topological polar surface area (TPSA) is 105 Å². The lowest BCUT2D eigenvalue weighted by Crippen LogP contribution is -2.61. The van der Waals surface area contributed by atoms with Crippen LogP contribution in [-0.4, -0.2) is 53.7 Å². The van der Waals surface area contributed by atoms with Gasteiger partial charge in [-0.2, -0.15) is 0 Å². The van der Waals surface area contributed by atoms with E-state index in [-0.39, 0.29) is 19.4 Å². The van der Waals surface area contributed by atoms with Crippen molar-refractivity contribution in [1.82, 2.24) is 5.32 Å². The van der Waals surface area contributed by atoms with Gasteiger partial charge < -0.3 is 25.0 Å². The molecule has 1 rings (SSSR count). The Morgan fingerprint density at radius 3 is 2.58 bits per heavy atom. The molecule has 3 unspecified atom stereocenters. The number of aliphatic hydroxyl groups excluding tert-OH is 2. The minimum absolute atomic E-state index is 0.102. The molecule has 7 nitrogen and oxygen atoms in total. The molecule has 1 aliphatic carbocycles. The van der Waals surface area contributed by atoms with Crippen molar-refractivity contribution in [3.05, 3.63) is 0 Å². The van der Waals surface area contributed by atoms with Gasteiger partial charge in [-0.1, -0.05) is 13.3 Å². The Bertz CT molecular complexity index is 334. The normalized spacial score (nSPS) is 29.9. The van der Waals surface area contributed by atoms with Gasteiger partial charge in [0.15, 0.2) is 5.54 Å². The Hall–Kier alpha value is -1.34. The second kappa shape index (κ2) is 6.72. The molecule has 0 aromatic heterocycles. The summed E-state index contributed by atoms with van der Waals surface area (Å²) >= 11 is 0. The molecule has 3 atom stereocenters. The molecule has 1 amide bonds. The minimum atomic E-state index is -1.63. The second-order valence-electron chi connectivity index (χ2n) is 4.63. The predicted octanol–water partition coefficient (Wildman–Crippen LogP) is -0.0599. The van der Waals surface area contributed by atoms with Crippen LogP contribution in [0, 0.1) is 0 Å². The number of nitrogens with one attached hydrogen (secondary N) is 1. The highest BCUT2D eigenvalue weighted by molar-refractivity contribution is 5.87. The monoisotopic (exact) mass is 275 g/mol. The van der Waals surface area contributed by atoms with Crippen LogP contribution < -0.4 is 5.32 Å². The number of hydrogen-bond donors (Lipinski definition) is 3. The number of amides is 1. The molecular formula is C12H21NO6. The molecule has 1 saturated carbocycles. The lowest BCUT2D eigenvalue weighted by Gasteiger charge is -2.30. The van der Waals surface area contributed by atoms with Crippen LogP contribution in [0.2, 0.25) is 0 Å². The first-order valence-electron chi connectivity index (χ1n) is 6.37. The van der Waals surface area contributed by atoms with E-state index >= 15 is 0 Å². The molecule has 1 fully saturated rings. The molecule has 7 heteroatoms. The Labute approximate surface area is 111 Å². The van der Waals surface area contributed by atoms with Gasteiger partial charge in [0.25, 0.3) is 0 Å². The summed E-state index contributed by atoms with van der Waals surface area (Å²) < 4.78 is 9.50. The van der Waals surface area contributed by atoms with Gasteiger partial charge in [0.05, 0.1) is 19.8 Å². The Morgan fingerprint density at radius 1 is 1.42 bits per heavy atom. The first kappa shape index (κ1) is 15.7. The molecule has 0 radical (unpaired) electrons. The van der Waals surface area contributed by atoms with Crippen LogP contribution in [0.4, 0.5) is 4.79 Å². The predicted molar refractivity (Wildman–Crippen MR) is 65.4 cm³/mol. The minimum Gasteiger partial charge on any atom is -0.467 e. The number of aliphatic hydroxyl groups is 2. The lowest BCUT2D eigenvalue weighted by molar-refractivity contribution is -0.154. The van der Waals surface area contributed by atoms with Gasteiger partial charge in [-0.3, -0.25) is 0 Å². The van der Waals surface area contributed by atoms with Crippen molar-refractivity contribution >= 4 is 12.1 Å². The van der Waals surface area contributed by atoms with Crippen LogP contribution in [0.1, 0.15) is 32.6 Å². The summed E-state index contributed by atoms with van der Waals surface area (Å²) in [5, 5.41) is 21.8. The molecule has 0 bridgehead atoms. The highest BCUT2D eigenvalue weighted by atomic mass is 16.6. The van der Waals surface area contributed by atoms with Crippen LogP contribution >= 0.6 is 0 Å². The largest absolute Gasteiger partial charge is 0.467 e. The van der Waals surface area contributed by atoms with Crippen molar-refractivity contribution in [2.75, 3.05) is 13.7 Å². The summed E-state index contributed by atoms with van der Waals surface area (Å²) in [4.78, 5) is 23.4. The maximum atomic E-state index is 11.8. The smallest absolute Gasteiger partial charge is 0.408 e. The quantitative estimate of drug-likeness (QED) is 0.479. The van der Waals surface area contributed by atoms with Crippen molar-refractivity contribution in [3.63, 3.8) is 0 Å². The van der Waals surface area contributed by atoms with Gasteiger partial charge in [-0.05, 0) is 19.3 Å². The summed E-state index contributed by atoms with van der Waals surface area (Å²) in [7, 11) is 1.16. The van der Waals surface area contributed by atoms with Gasteiger partial charge in [0, 0.05) is 0 Å². The highest BCUT2D eigenvalue weighted by Crippen LogP contribution is 2.32. The number of carbonyl (C=O) groups is 2. The average Bonchev–Trinajstić information content (AvgIpc) is 2.67. The van der Waals surface area contributed by atoms with E-state index in [9.17, 15) is 19.8 Å². The van der Waals surface area contributed by atoms with E-state index in [4.69, 9.17) is 4.74 Å². The molecule has 0 heterocycles. The maximum absolute atomic E-state index is 11.8. The molecule has 0 aromatic carbocycles. The van der Waals surface area contributed by atoms with Gasteiger partial charge in [-0.25, -0.2) is 9.59 Å². The molecule has 0 aliphatic heterocycles. The lowest BCUT2D eigenvalue weighted by atomic mass is 9.95. The number of hydrogen-bond acceptors (Lipinski definition) is 6. The Kier molecular flexibility index (Phi) is 5.56. The van der Waals surface area contributed by atoms with Crippen molar-refractivity contribution in [1.29, 1.82) is 0 Å². The summed E-state index contributed by atoms with van der Waals surface area (Å²) in [5.41, 5.74) is -1.63. The maximum Gasteiger partial charge on any atom is 0.408 e. The Balaban J connectivity index is 2.71. The van der Waals surface area contributed by atoms with Crippen LogP contribution in [-0.2, 0) is 14.3 Å². The van der Waals surface area contributed by atoms with E-state index in [1.54, 1.807) is 0 Å². The van der Waals surface area contributed by atoms with Crippen LogP contribution in [0.3, 0.4) is 0 Å². The first-order chi connectivity index (χ1) is 8.97. The number of rotatable bonds is 5. The summed E-state index contributed by atoms with van der Waals surface area (Å²) in [5.74, 6) is -0.788. The summed E-state index contributed by atoms with van der Waals surface area (Å²) in [6, 6.07) is 0. The zero-order valence-corrected chi connectivity index (χ0v) is 11.2. The van der Waals surface area contributed by atoms with Crippen LogP contribution in [0.5, 0.6) is 0 Å². The van der Waals surface area contributed by atoms with Crippen molar-refractivity contribution < 1.29 is 29.3 Å². The number of methoxy groups -OCH3 is 1. The van der Waals surface area contributed by atoms with Crippen LogP contribution in [0.15, 0.2) is 0 Å². The number of alkyl carbamates (subject to hydrolysis) is 1. The third-order valence-electron chi connectivity index (χ3n) is 3.31. The van der Waals surface area contributed by atoms with Crippen molar-refractivity contribution in [2.45, 2.75) is 50.4 Å². The fraction of sp³-hybridized carbons (Fsp3) is 0.833. The van der Waals surface area contributed by atoms with Crippen molar-refractivity contribution in [3.8, 4) is 0 Å². The van der Waals surface area contributed by atoms with Crippen molar-refractivity contribution in [2.24, 2.45) is 0 Å². The van der Waals surface area contributed by atoms with E-state index in [0.717, 1.165) is 13.5 Å². The summed E-state index contributed by atoms with van der Waals surface area (Å²) in [6.07, 6.45) is -1.39. The molecule has 19 heavy (non-hydrogen) atoms. The third-order valence-corrected chi connectivity index (χ3v) is 3.31. The SMILES string of the molecule is CCCCOC(=O)NC1(C(=O)OC)CCC(O)C1O. The Morgan fingerprint density at radius 2 is 2.11 bits per heavy atom. The third kappa shape index (κ3) is 3.36. The van der Waals surface area contributed by atoms with Gasteiger partial charge >= 0.3 is 12.1 Å². The van der Waals surface area contributed by atoms with E-state index < -0.39 is 29.8 Å². The first-order valence-corrected chi connectivity index (χ1v) is 6.37. The van der Waals surface area contributed by atoms with Crippen LogP contribution in [0.25, 0.3) is 0 Å². The number of esters is 1. The number of ether oxygens (including phenoxy) is 2. The number of carbonyl (C=O) groups excluding carboxylic acids is 2. The standard InChI is InChI=1S/C12H21NO6/c1-3-4-7-19-11(17)13-12(10(16)18-2)6-5-8(14)9(12)15/h8-9,14-15H,3-7H2,1-2H3,(H,13,17). The van der Waals surface area contributed by atoms with Gasteiger partial charge in [0.1, 0.15) is 6.10 Å². The fourth-order valence-corrected chi connectivity index (χ4v) is 2.13. The van der Waals surface area contributed by atoms with E-state index in [1.807, 2.05) is 6.92 Å². The van der Waals surface area contributed by atoms with E-state index in [2.05, 4.69) is 10.1 Å². The fourth-order valence-electron chi connectivity index (χ4n) is 2.13. The van der Waals surface area contributed by atoms with E-state index in [1.165, 1.54) is 0 Å². The molecule has 0 aromatic rings. The highest BCUT2D eigenvalue weighted by Gasteiger charge is 2.55. The average molecular weight is 275 g/mol. The molecule has 0 spiro atoms.